The zero-order valence-corrected chi connectivity index (χ0v) is 46.5. The van der Waals surface area contributed by atoms with E-state index in [0.29, 0.717) is 17.4 Å². The largest absolute Gasteiger partial charge is 0.756 e. The molecule has 0 saturated carbocycles. The van der Waals surface area contributed by atoms with Crippen LogP contribution in [0.2, 0.25) is 0 Å². The Morgan fingerprint density at radius 1 is 0.456 bits per heavy atom. The van der Waals surface area contributed by atoms with Crippen LogP contribution in [-0.2, 0) is 32.7 Å². The van der Waals surface area contributed by atoms with Crippen LogP contribution in [-0.4, -0.2) is 70.0 Å². The van der Waals surface area contributed by atoms with Gasteiger partial charge < -0.3 is 27.9 Å². The minimum atomic E-state index is -4.62. The summed E-state index contributed by atoms with van der Waals surface area (Å²) in [5.41, 5.74) is 0. The quantitative estimate of drug-likeness (QED) is 0.0195. The number of rotatable bonds is 54. The Hall–Kier alpha value is -1.51. The summed E-state index contributed by atoms with van der Waals surface area (Å²) in [6.07, 6.45) is 59.6. The number of carbonyl (C=O) groups is 2. The lowest BCUT2D eigenvalue weighted by molar-refractivity contribution is -0.870. The molecule has 0 radical (unpaired) electrons. The van der Waals surface area contributed by atoms with E-state index in [2.05, 4.69) is 38.2 Å². The lowest BCUT2D eigenvalue weighted by atomic mass is 10.0. The minimum Gasteiger partial charge on any atom is -0.756 e. The first kappa shape index (κ1) is 66.5. The highest BCUT2D eigenvalue weighted by molar-refractivity contribution is 7.45. The Bertz CT molecular complexity index is 1200. The molecule has 0 aromatic carbocycles. The molecule has 2 unspecified atom stereocenters. The highest BCUT2D eigenvalue weighted by atomic mass is 31.2. The SMILES string of the molecule is CCCCCCC/C=C\C/C=C\CCCCCCCCCCCCCCCCCCCCCCCC(=O)OC(COC(=O)CCCCCCCCCCCCC)COP(=O)([O-])OCC[N+](C)(C)C. The third-order valence-corrected chi connectivity index (χ3v) is 13.9. The Labute approximate surface area is 421 Å². The van der Waals surface area contributed by atoms with Crippen molar-refractivity contribution in [2.45, 2.75) is 290 Å². The number of esters is 2. The van der Waals surface area contributed by atoms with Crippen LogP contribution >= 0.6 is 7.82 Å². The van der Waals surface area contributed by atoms with Crippen LogP contribution in [0.3, 0.4) is 0 Å². The van der Waals surface area contributed by atoms with Gasteiger partial charge in [-0.2, -0.15) is 0 Å². The van der Waals surface area contributed by atoms with Gasteiger partial charge in [-0.1, -0.05) is 250 Å². The molecule has 0 rings (SSSR count). The molecule has 0 saturated heterocycles. The summed E-state index contributed by atoms with van der Waals surface area (Å²) in [6, 6.07) is 0. The molecular formula is C58H112NO8P. The third-order valence-electron chi connectivity index (χ3n) is 13.0. The molecule has 0 aromatic rings. The number of ether oxygens (including phenoxy) is 2. The summed E-state index contributed by atoms with van der Waals surface area (Å²) in [6.45, 7) is 4.25. The normalized spacial score (nSPS) is 13.4. The fraction of sp³-hybridized carbons (Fsp3) is 0.897. The molecule has 0 aliphatic carbocycles. The number of phosphoric acid groups is 1. The van der Waals surface area contributed by atoms with Gasteiger partial charge in [-0.15, -0.1) is 0 Å². The van der Waals surface area contributed by atoms with E-state index in [1.807, 2.05) is 21.1 Å². The van der Waals surface area contributed by atoms with Gasteiger partial charge in [0, 0.05) is 12.8 Å². The number of phosphoric ester groups is 1. The number of allylic oxidation sites excluding steroid dienone is 4. The number of unbranched alkanes of at least 4 members (excludes halogenated alkanes) is 36. The second kappa shape index (κ2) is 50.4. The summed E-state index contributed by atoms with van der Waals surface area (Å²) < 4.78 is 34.1. The Kier molecular flexibility index (Phi) is 49.3. The Morgan fingerprint density at radius 3 is 1.16 bits per heavy atom. The van der Waals surface area contributed by atoms with Gasteiger partial charge in [-0.05, 0) is 44.9 Å². The smallest absolute Gasteiger partial charge is 0.306 e. The van der Waals surface area contributed by atoms with E-state index in [-0.39, 0.29) is 32.0 Å². The molecule has 0 aliphatic rings. The Morgan fingerprint density at radius 2 is 0.794 bits per heavy atom. The standard InChI is InChI=1S/C58H112NO8P/c1-6-8-10-12-14-16-18-19-20-21-22-23-24-25-26-27-28-29-30-31-32-33-34-35-36-37-38-39-41-43-45-47-49-51-58(61)67-56(55-66-68(62,63)65-53-52-59(3,4)5)54-64-57(60)50-48-46-44-42-40-17-15-13-11-9-7-2/h18-19,21-22,56H,6-17,20,23-55H2,1-5H3/b19-18-,22-21-. The van der Waals surface area contributed by atoms with Gasteiger partial charge >= 0.3 is 11.9 Å². The maximum atomic E-state index is 12.8. The molecule has 0 aromatic heterocycles. The van der Waals surface area contributed by atoms with E-state index in [9.17, 15) is 19.0 Å². The molecule has 0 N–H and O–H groups in total. The zero-order chi connectivity index (χ0) is 49.9. The van der Waals surface area contributed by atoms with Crippen molar-refractivity contribution in [2.75, 3.05) is 47.5 Å². The molecule has 2 atom stereocenters. The van der Waals surface area contributed by atoms with Gasteiger partial charge in [0.1, 0.15) is 19.8 Å². The fourth-order valence-electron chi connectivity index (χ4n) is 8.45. The lowest BCUT2D eigenvalue weighted by Gasteiger charge is -2.28. The number of nitrogens with zero attached hydrogens (tertiary/aromatic N) is 1. The van der Waals surface area contributed by atoms with Crippen LogP contribution < -0.4 is 4.89 Å². The topological polar surface area (TPSA) is 111 Å². The van der Waals surface area contributed by atoms with E-state index in [0.717, 1.165) is 38.5 Å². The summed E-state index contributed by atoms with van der Waals surface area (Å²) in [4.78, 5) is 37.7. The molecule has 0 amide bonds. The number of quaternary nitrogens is 1. The highest BCUT2D eigenvalue weighted by Crippen LogP contribution is 2.38. The third kappa shape index (κ3) is 53.8. The predicted molar refractivity (Wildman–Crippen MR) is 287 cm³/mol. The van der Waals surface area contributed by atoms with Crippen LogP contribution in [0.1, 0.15) is 284 Å². The van der Waals surface area contributed by atoms with Gasteiger partial charge in [0.05, 0.1) is 27.7 Å². The second-order valence-electron chi connectivity index (χ2n) is 21.0. The molecular weight excluding hydrogens is 870 g/mol. The van der Waals surface area contributed by atoms with Gasteiger partial charge in [-0.25, -0.2) is 0 Å². The Balaban J connectivity index is 3.94. The van der Waals surface area contributed by atoms with Crippen LogP contribution in [0.4, 0.5) is 0 Å². The molecule has 68 heavy (non-hydrogen) atoms. The van der Waals surface area contributed by atoms with Crippen molar-refractivity contribution in [2.24, 2.45) is 0 Å². The fourth-order valence-corrected chi connectivity index (χ4v) is 9.18. The minimum absolute atomic E-state index is 0.0271. The first-order chi connectivity index (χ1) is 33.0. The van der Waals surface area contributed by atoms with Gasteiger partial charge in [0.25, 0.3) is 7.82 Å². The van der Waals surface area contributed by atoms with Crippen molar-refractivity contribution in [1.82, 2.24) is 0 Å². The molecule has 10 heteroatoms. The predicted octanol–water partition coefficient (Wildman–Crippen LogP) is 17.2. The first-order valence-corrected chi connectivity index (χ1v) is 30.5. The number of likely N-dealkylation sites (N-methyl/N-ethyl adjacent to an activating group) is 1. The monoisotopic (exact) mass is 982 g/mol. The van der Waals surface area contributed by atoms with Crippen molar-refractivity contribution < 1.29 is 42.1 Å². The number of carbonyl (C=O) groups excluding carboxylic acids is 2. The molecule has 402 valence electrons. The van der Waals surface area contributed by atoms with Crippen LogP contribution in [0.25, 0.3) is 0 Å². The summed E-state index contributed by atoms with van der Waals surface area (Å²) in [5, 5.41) is 0. The number of hydrogen-bond acceptors (Lipinski definition) is 8. The van der Waals surface area contributed by atoms with Crippen molar-refractivity contribution in [1.29, 1.82) is 0 Å². The molecule has 0 heterocycles. The molecule has 0 aliphatic heterocycles. The maximum Gasteiger partial charge on any atom is 0.306 e. The van der Waals surface area contributed by atoms with E-state index >= 15 is 0 Å². The van der Waals surface area contributed by atoms with Crippen molar-refractivity contribution in [3.63, 3.8) is 0 Å². The summed E-state index contributed by atoms with van der Waals surface area (Å²) >= 11 is 0. The van der Waals surface area contributed by atoms with E-state index in [1.54, 1.807) is 0 Å². The second-order valence-corrected chi connectivity index (χ2v) is 22.4. The maximum absolute atomic E-state index is 12.8. The first-order valence-electron chi connectivity index (χ1n) is 29.0. The highest BCUT2D eigenvalue weighted by Gasteiger charge is 2.22. The van der Waals surface area contributed by atoms with Gasteiger partial charge in [0.2, 0.25) is 0 Å². The zero-order valence-electron chi connectivity index (χ0n) is 45.6. The molecule has 0 spiro atoms. The van der Waals surface area contributed by atoms with Gasteiger partial charge in [-0.3, -0.25) is 14.2 Å². The summed E-state index contributed by atoms with van der Waals surface area (Å²) in [7, 11) is 1.18. The number of hydrogen-bond donors (Lipinski definition) is 0. The van der Waals surface area contributed by atoms with Crippen LogP contribution in [0, 0.1) is 0 Å². The van der Waals surface area contributed by atoms with E-state index in [4.69, 9.17) is 18.5 Å². The summed E-state index contributed by atoms with van der Waals surface area (Å²) in [5.74, 6) is -0.819. The van der Waals surface area contributed by atoms with Crippen LogP contribution in [0.5, 0.6) is 0 Å². The van der Waals surface area contributed by atoms with Gasteiger partial charge in [0.15, 0.2) is 6.10 Å². The van der Waals surface area contributed by atoms with Crippen molar-refractivity contribution in [3.8, 4) is 0 Å². The average Bonchev–Trinajstić information content (AvgIpc) is 3.30. The molecule has 0 fully saturated rings. The van der Waals surface area contributed by atoms with E-state index in [1.165, 1.54) is 212 Å². The van der Waals surface area contributed by atoms with Crippen molar-refractivity contribution >= 4 is 19.8 Å². The lowest BCUT2D eigenvalue weighted by Crippen LogP contribution is -2.37. The molecule has 9 nitrogen and oxygen atoms in total. The van der Waals surface area contributed by atoms with E-state index < -0.39 is 26.5 Å². The molecule has 0 bridgehead atoms. The van der Waals surface area contributed by atoms with Crippen molar-refractivity contribution in [3.05, 3.63) is 24.3 Å². The average molecular weight is 983 g/mol. The van der Waals surface area contributed by atoms with Crippen LogP contribution in [0.15, 0.2) is 24.3 Å².